The van der Waals surface area contributed by atoms with Gasteiger partial charge in [0.15, 0.2) is 0 Å². The number of thiophene rings is 1. The summed E-state index contributed by atoms with van der Waals surface area (Å²) in [4.78, 5) is 14.8. The molecule has 0 amide bonds. The van der Waals surface area contributed by atoms with Gasteiger partial charge in [0.25, 0.3) is 0 Å². The van der Waals surface area contributed by atoms with Gasteiger partial charge in [0.2, 0.25) is 0 Å². The normalized spacial score (nSPS) is 10.5. The molecule has 1 N–H and O–H groups in total. The molecular formula is C8H9N3OS. The summed E-state index contributed by atoms with van der Waals surface area (Å²) in [7, 11) is 0. The fourth-order valence-electron chi connectivity index (χ4n) is 1.11. The lowest BCUT2D eigenvalue weighted by atomic mass is 10.3. The molecule has 2 rings (SSSR count). The molecule has 68 valence electrons. The molecule has 0 radical (unpaired) electrons. The van der Waals surface area contributed by atoms with E-state index in [1.807, 2.05) is 11.4 Å². The van der Waals surface area contributed by atoms with Crippen LogP contribution in [-0.4, -0.2) is 14.8 Å². The summed E-state index contributed by atoms with van der Waals surface area (Å²) in [5.74, 6) is 0. The molecule has 0 saturated carbocycles. The van der Waals surface area contributed by atoms with Gasteiger partial charge in [-0.2, -0.15) is 5.10 Å². The minimum Gasteiger partial charge on any atom is -0.295 e. The average molecular weight is 195 g/mol. The van der Waals surface area contributed by atoms with Crippen molar-refractivity contribution in [3.05, 3.63) is 39.2 Å². The molecule has 5 heteroatoms. The minimum absolute atomic E-state index is 0.142. The molecular weight excluding hydrogens is 186 g/mol. The molecule has 2 heterocycles. The number of hydrogen-bond acceptors (Lipinski definition) is 3. The zero-order valence-corrected chi connectivity index (χ0v) is 7.75. The molecule has 0 aromatic carbocycles. The van der Waals surface area contributed by atoms with E-state index in [2.05, 4.69) is 16.1 Å². The van der Waals surface area contributed by atoms with E-state index in [1.54, 1.807) is 11.3 Å². The van der Waals surface area contributed by atoms with Crippen LogP contribution >= 0.6 is 11.3 Å². The Balaban J connectivity index is 2.01. The summed E-state index contributed by atoms with van der Waals surface area (Å²) in [6, 6.07) is 4.07. The maximum atomic E-state index is 11.0. The lowest BCUT2D eigenvalue weighted by Crippen LogP contribution is -2.19. The first-order chi connectivity index (χ1) is 6.36. The third kappa shape index (κ3) is 1.86. The number of rotatable bonds is 3. The van der Waals surface area contributed by atoms with Gasteiger partial charge in [-0.3, -0.25) is 4.98 Å². The highest BCUT2D eigenvalue weighted by Gasteiger charge is 1.98. The maximum Gasteiger partial charge on any atom is 0.343 e. The van der Waals surface area contributed by atoms with Gasteiger partial charge in [-0.1, -0.05) is 6.07 Å². The van der Waals surface area contributed by atoms with Crippen LogP contribution in [-0.2, 0) is 13.0 Å². The second kappa shape index (κ2) is 3.57. The Morgan fingerprint density at radius 1 is 1.62 bits per heavy atom. The summed E-state index contributed by atoms with van der Waals surface area (Å²) in [6.45, 7) is 0.642. The van der Waals surface area contributed by atoms with Gasteiger partial charge in [-0.15, -0.1) is 11.3 Å². The standard InChI is InChI=1S/C8H9N3OS/c12-8-9-6-10-11(8)4-3-7-2-1-5-13-7/h1-2,5-6H,3-4H2,(H,9,10,12). The predicted octanol–water partition coefficient (Wildman–Crippen LogP) is 0.876. The molecule has 2 aromatic heterocycles. The SMILES string of the molecule is O=c1[nH]cnn1CCc1cccs1. The van der Waals surface area contributed by atoms with Gasteiger partial charge in [0.1, 0.15) is 6.33 Å². The van der Waals surface area contributed by atoms with Crippen LogP contribution in [0, 0.1) is 0 Å². The van der Waals surface area contributed by atoms with Gasteiger partial charge in [0, 0.05) is 11.3 Å². The van der Waals surface area contributed by atoms with Crippen molar-refractivity contribution in [2.45, 2.75) is 13.0 Å². The molecule has 0 aliphatic carbocycles. The first-order valence-electron chi connectivity index (χ1n) is 3.99. The molecule has 0 bridgehead atoms. The Morgan fingerprint density at radius 2 is 2.54 bits per heavy atom. The summed E-state index contributed by atoms with van der Waals surface area (Å²) in [5.41, 5.74) is -0.142. The lowest BCUT2D eigenvalue weighted by molar-refractivity contribution is 0.596. The maximum absolute atomic E-state index is 11.0. The van der Waals surface area contributed by atoms with Crippen molar-refractivity contribution in [3.63, 3.8) is 0 Å². The third-order valence-corrected chi connectivity index (χ3v) is 2.71. The third-order valence-electron chi connectivity index (χ3n) is 1.77. The lowest BCUT2D eigenvalue weighted by Gasteiger charge is -1.95. The van der Waals surface area contributed by atoms with E-state index in [9.17, 15) is 4.79 Å². The van der Waals surface area contributed by atoms with Crippen LogP contribution in [0.2, 0.25) is 0 Å². The van der Waals surface area contributed by atoms with E-state index in [4.69, 9.17) is 0 Å². The van der Waals surface area contributed by atoms with E-state index in [0.717, 1.165) is 6.42 Å². The molecule has 2 aromatic rings. The summed E-state index contributed by atoms with van der Waals surface area (Å²) in [6.07, 6.45) is 2.28. The van der Waals surface area contributed by atoms with Crippen molar-refractivity contribution in [1.29, 1.82) is 0 Å². The molecule has 0 aliphatic heterocycles. The second-order valence-corrected chi connectivity index (χ2v) is 3.68. The van der Waals surface area contributed by atoms with Gasteiger partial charge in [-0.05, 0) is 11.4 Å². The predicted molar refractivity (Wildman–Crippen MR) is 50.9 cm³/mol. The molecule has 4 nitrogen and oxygen atoms in total. The van der Waals surface area contributed by atoms with Crippen LogP contribution in [0.15, 0.2) is 28.6 Å². The fraction of sp³-hybridized carbons (Fsp3) is 0.250. The molecule has 0 aliphatic rings. The van der Waals surface area contributed by atoms with E-state index in [-0.39, 0.29) is 5.69 Å². The van der Waals surface area contributed by atoms with Crippen molar-refractivity contribution < 1.29 is 0 Å². The van der Waals surface area contributed by atoms with Crippen molar-refractivity contribution in [2.24, 2.45) is 0 Å². The number of aromatic amines is 1. The largest absolute Gasteiger partial charge is 0.343 e. The second-order valence-electron chi connectivity index (χ2n) is 2.65. The quantitative estimate of drug-likeness (QED) is 0.790. The monoisotopic (exact) mass is 195 g/mol. The van der Waals surface area contributed by atoms with Gasteiger partial charge >= 0.3 is 5.69 Å². The Morgan fingerprint density at radius 3 is 3.15 bits per heavy atom. The number of nitrogens with zero attached hydrogens (tertiary/aromatic N) is 2. The molecule has 0 spiro atoms. The van der Waals surface area contributed by atoms with Gasteiger partial charge in [0.05, 0.1) is 6.54 Å². The van der Waals surface area contributed by atoms with Gasteiger partial charge in [-0.25, -0.2) is 9.48 Å². The molecule has 13 heavy (non-hydrogen) atoms. The van der Waals surface area contributed by atoms with Crippen LogP contribution in [0.25, 0.3) is 0 Å². The minimum atomic E-state index is -0.142. The number of nitrogens with one attached hydrogen (secondary N) is 1. The zero-order chi connectivity index (χ0) is 9.10. The molecule has 0 unspecified atom stereocenters. The molecule has 0 fully saturated rings. The van der Waals surface area contributed by atoms with E-state index in [0.29, 0.717) is 6.54 Å². The summed E-state index contributed by atoms with van der Waals surface area (Å²) < 4.78 is 1.43. The Kier molecular flexibility index (Phi) is 2.27. The van der Waals surface area contributed by atoms with Crippen molar-refractivity contribution in [2.75, 3.05) is 0 Å². The fourth-order valence-corrected chi connectivity index (χ4v) is 1.81. The van der Waals surface area contributed by atoms with Crippen molar-refractivity contribution in [3.8, 4) is 0 Å². The number of aryl methyl sites for hydroxylation is 2. The van der Waals surface area contributed by atoms with Crippen LogP contribution in [0.5, 0.6) is 0 Å². The van der Waals surface area contributed by atoms with Crippen LogP contribution in [0.4, 0.5) is 0 Å². The zero-order valence-electron chi connectivity index (χ0n) is 6.93. The number of hydrogen-bond donors (Lipinski definition) is 1. The van der Waals surface area contributed by atoms with E-state index in [1.165, 1.54) is 15.9 Å². The Hall–Kier alpha value is -1.36. The highest BCUT2D eigenvalue weighted by molar-refractivity contribution is 7.09. The number of aromatic nitrogens is 3. The average Bonchev–Trinajstić information content (AvgIpc) is 2.72. The Labute approximate surface area is 78.8 Å². The number of H-pyrrole nitrogens is 1. The van der Waals surface area contributed by atoms with Crippen LogP contribution < -0.4 is 5.69 Å². The first kappa shape index (κ1) is 8.25. The Bertz CT molecular complexity index is 415. The molecule has 0 atom stereocenters. The van der Waals surface area contributed by atoms with Crippen LogP contribution in [0.3, 0.4) is 0 Å². The van der Waals surface area contributed by atoms with Gasteiger partial charge < -0.3 is 0 Å². The summed E-state index contributed by atoms with van der Waals surface area (Å²) in [5, 5.41) is 5.90. The van der Waals surface area contributed by atoms with Crippen molar-refractivity contribution >= 4 is 11.3 Å². The summed E-state index contributed by atoms with van der Waals surface area (Å²) >= 11 is 1.70. The molecule has 0 saturated heterocycles. The smallest absolute Gasteiger partial charge is 0.295 e. The first-order valence-corrected chi connectivity index (χ1v) is 4.87. The van der Waals surface area contributed by atoms with Crippen LogP contribution in [0.1, 0.15) is 4.88 Å². The topological polar surface area (TPSA) is 50.7 Å². The highest BCUT2D eigenvalue weighted by atomic mass is 32.1. The van der Waals surface area contributed by atoms with E-state index < -0.39 is 0 Å². The van der Waals surface area contributed by atoms with Crippen molar-refractivity contribution in [1.82, 2.24) is 14.8 Å². The van der Waals surface area contributed by atoms with E-state index >= 15 is 0 Å². The highest BCUT2D eigenvalue weighted by Crippen LogP contribution is 2.08.